The van der Waals surface area contributed by atoms with Gasteiger partial charge in [0.1, 0.15) is 30.5 Å². The van der Waals surface area contributed by atoms with E-state index in [9.17, 15) is 18.3 Å². The van der Waals surface area contributed by atoms with Crippen molar-refractivity contribution in [3.05, 3.63) is 101 Å². The summed E-state index contributed by atoms with van der Waals surface area (Å²) in [7, 11) is -3.87. The highest BCUT2D eigenvalue weighted by atomic mass is 32.2. The molecule has 2 atom stereocenters. The fourth-order valence-corrected chi connectivity index (χ4v) is 6.37. The first-order chi connectivity index (χ1) is 21.5. The van der Waals surface area contributed by atoms with E-state index in [2.05, 4.69) is 10.0 Å². The zero-order chi connectivity index (χ0) is 32.1. The molecule has 0 unspecified atom stereocenters. The molecule has 0 spiro atoms. The van der Waals surface area contributed by atoms with E-state index in [1.54, 1.807) is 48.5 Å². The summed E-state index contributed by atoms with van der Waals surface area (Å²) in [6, 6.07) is 22.4. The van der Waals surface area contributed by atoms with Crippen LogP contribution in [0.15, 0.2) is 83.8 Å². The lowest BCUT2D eigenvalue weighted by molar-refractivity contribution is -0.139. The number of sulfonamides is 1. The molecule has 0 saturated carbocycles. The second-order valence-electron chi connectivity index (χ2n) is 11.0. The molecule has 0 saturated heterocycles. The predicted octanol–water partition coefficient (Wildman–Crippen LogP) is 5.22. The maximum absolute atomic E-state index is 13.1. The molecule has 45 heavy (non-hydrogen) atoms. The number of aliphatic hydroxyl groups is 1. The Morgan fingerprint density at radius 1 is 0.978 bits per heavy atom. The molecule has 11 heteroatoms. The van der Waals surface area contributed by atoms with Crippen LogP contribution in [-0.4, -0.2) is 50.4 Å². The van der Waals surface area contributed by atoms with Crippen molar-refractivity contribution in [3.63, 3.8) is 0 Å². The van der Waals surface area contributed by atoms with Crippen molar-refractivity contribution >= 4 is 21.7 Å². The van der Waals surface area contributed by atoms with Gasteiger partial charge < -0.3 is 29.7 Å². The van der Waals surface area contributed by atoms with Crippen LogP contribution in [-0.2, 0) is 21.4 Å². The summed E-state index contributed by atoms with van der Waals surface area (Å²) in [6.07, 6.45) is -1.02. The number of aryl methyl sites for hydroxylation is 2. The van der Waals surface area contributed by atoms with Gasteiger partial charge in [-0.2, -0.15) is 0 Å². The third kappa shape index (κ3) is 7.75. The number of carboxylic acid groups (broad SMARTS) is 1. The molecule has 0 fully saturated rings. The van der Waals surface area contributed by atoms with Gasteiger partial charge in [-0.15, -0.1) is 0 Å². The average molecular weight is 633 g/mol. The lowest BCUT2D eigenvalue weighted by atomic mass is 9.99. The topological polar surface area (TPSA) is 143 Å². The summed E-state index contributed by atoms with van der Waals surface area (Å²) in [5.74, 6) is 0.682. The van der Waals surface area contributed by atoms with E-state index in [0.29, 0.717) is 30.2 Å². The number of aliphatic hydroxyl groups excluding tert-OH is 1. The monoisotopic (exact) mass is 632 g/mol. The second-order valence-corrected chi connectivity index (χ2v) is 12.7. The lowest BCUT2D eigenvalue weighted by Crippen LogP contribution is -2.35. The third-order valence-corrected chi connectivity index (χ3v) is 8.84. The van der Waals surface area contributed by atoms with Gasteiger partial charge in [-0.3, -0.25) is 4.72 Å². The van der Waals surface area contributed by atoms with Crippen LogP contribution in [0.3, 0.4) is 0 Å². The number of hydrogen-bond donors (Lipinski definition) is 4. The first kappa shape index (κ1) is 31.8. The van der Waals surface area contributed by atoms with Crippen LogP contribution in [0.1, 0.15) is 35.3 Å². The molecular formula is C34H36N2O8S. The first-order valence-electron chi connectivity index (χ1n) is 14.5. The SMILES string of the molecule is Cc1cc(-c2cccc(OCC(=O)O)c2)cc(C)c1OCCN[C@@H](C)[C@H](O)c1ccc2cc1NS(=O)(=O)c1cccc(c1)CO2. The van der Waals surface area contributed by atoms with Crippen LogP contribution >= 0.6 is 0 Å². The van der Waals surface area contributed by atoms with Crippen molar-refractivity contribution in [1.29, 1.82) is 0 Å². The minimum absolute atomic E-state index is 0.122. The summed E-state index contributed by atoms with van der Waals surface area (Å²) >= 11 is 0. The Bertz CT molecular complexity index is 1780. The molecule has 4 N–H and O–H groups in total. The molecule has 5 rings (SSSR count). The molecule has 4 bridgehead atoms. The molecule has 10 nitrogen and oxygen atoms in total. The number of carboxylic acids is 1. The molecule has 236 valence electrons. The molecule has 0 amide bonds. The normalized spacial score (nSPS) is 14.8. The number of anilines is 1. The van der Waals surface area contributed by atoms with Crippen LogP contribution in [0.2, 0.25) is 0 Å². The van der Waals surface area contributed by atoms with Crippen LogP contribution < -0.4 is 24.2 Å². The Hall–Kier alpha value is -4.58. The molecule has 4 aromatic carbocycles. The van der Waals surface area contributed by atoms with Crippen molar-refractivity contribution < 1.29 is 37.6 Å². The molecule has 1 heterocycles. The standard InChI is InChI=1S/C34H36N2O8S/c1-21-14-26(25-7-5-8-27(17-25)44-20-32(37)38)15-22(2)34(21)42-13-12-35-23(3)33(39)30-11-10-28-18-31(30)36-45(40,41)29-9-4-6-24(16-29)19-43-28/h4-11,14-18,23,33,35-36,39H,12-13,19-20H2,1-3H3,(H,37,38)/t23-,33-/m0/s1. The van der Waals surface area contributed by atoms with Gasteiger partial charge in [-0.05, 0) is 91.1 Å². The van der Waals surface area contributed by atoms with Crippen molar-refractivity contribution in [2.75, 3.05) is 24.5 Å². The number of aliphatic carboxylic acids is 1. The lowest BCUT2D eigenvalue weighted by Gasteiger charge is -2.24. The summed E-state index contributed by atoms with van der Waals surface area (Å²) in [4.78, 5) is 11.0. The van der Waals surface area contributed by atoms with Crippen molar-refractivity contribution in [1.82, 2.24) is 5.32 Å². The minimum atomic E-state index is -3.87. The summed E-state index contributed by atoms with van der Waals surface area (Å²) in [5, 5.41) is 23.4. The Morgan fingerprint density at radius 2 is 1.73 bits per heavy atom. The fourth-order valence-electron chi connectivity index (χ4n) is 5.22. The second kappa shape index (κ2) is 13.6. The number of nitrogens with one attached hydrogen (secondary N) is 2. The van der Waals surface area contributed by atoms with Crippen LogP contribution in [0, 0.1) is 13.8 Å². The third-order valence-electron chi connectivity index (χ3n) is 7.48. The van der Waals surface area contributed by atoms with Crippen molar-refractivity contribution in [3.8, 4) is 28.4 Å². The molecule has 0 radical (unpaired) electrons. The Balaban J connectivity index is 1.21. The van der Waals surface area contributed by atoms with Gasteiger partial charge >= 0.3 is 5.97 Å². The molecule has 0 aliphatic carbocycles. The maximum Gasteiger partial charge on any atom is 0.341 e. The molecular weight excluding hydrogens is 596 g/mol. The zero-order valence-electron chi connectivity index (χ0n) is 25.2. The van der Waals surface area contributed by atoms with E-state index in [-0.39, 0.29) is 17.2 Å². The van der Waals surface area contributed by atoms with Gasteiger partial charge in [-0.1, -0.05) is 30.3 Å². The number of hydrogen-bond acceptors (Lipinski definition) is 8. The first-order valence-corrected chi connectivity index (χ1v) is 16.0. The Kier molecular flexibility index (Phi) is 9.62. The van der Waals surface area contributed by atoms with E-state index in [1.807, 2.05) is 45.0 Å². The molecule has 0 aromatic heterocycles. The maximum atomic E-state index is 13.1. The van der Waals surface area contributed by atoms with Crippen molar-refractivity contribution in [2.24, 2.45) is 0 Å². The highest BCUT2D eigenvalue weighted by molar-refractivity contribution is 7.92. The number of benzene rings is 4. The van der Waals surface area contributed by atoms with Crippen LogP contribution in [0.25, 0.3) is 11.1 Å². The van der Waals surface area contributed by atoms with Gasteiger partial charge in [0.25, 0.3) is 10.0 Å². The minimum Gasteiger partial charge on any atom is -0.492 e. The smallest absolute Gasteiger partial charge is 0.341 e. The largest absolute Gasteiger partial charge is 0.492 e. The highest BCUT2D eigenvalue weighted by Crippen LogP contribution is 2.34. The van der Waals surface area contributed by atoms with E-state index < -0.39 is 34.7 Å². The summed E-state index contributed by atoms with van der Waals surface area (Å²) < 4.78 is 46.1. The van der Waals surface area contributed by atoms with E-state index >= 15 is 0 Å². The Labute approximate surface area is 262 Å². The van der Waals surface area contributed by atoms with Crippen molar-refractivity contribution in [2.45, 2.75) is 44.4 Å². The zero-order valence-corrected chi connectivity index (χ0v) is 26.1. The van der Waals surface area contributed by atoms with Crippen LogP contribution in [0.4, 0.5) is 5.69 Å². The summed E-state index contributed by atoms with van der Waals surface area (Å²) in [5.41, 5.74) is 5.13. The summed E-state index contributed by atoms with van der Waals surface area (Å²) in [6.45, 7) is 6.31. The predicted molar refractivity (Wildman–Crippen MR) is 170 cm³/mol. The van der Waals surface area contributed by atoms with Gasteiger partial charge in [0, 0.05) is 24.2 Å². The van der Waals surface area contributed by atoms with Gasteiger partial charge in [0.2, 0.25) is 0 Å². The van der Waals surface area contributed by atoms with E-state index in [1.165, 1.54) is 6.07 Å². The fraction of sp³-hybridized carbons (Fsp3) is 0.265. The molecule has 1 aliphatic heterocycles. The van der Waals surface area contributed by atoms with Gasteiger partial charge in [-0.25, -0.2) is 13.2 Å². The highest BCUT2D eigenvalue weighted by Gasteiger charge is 2.24. The van der Waals surface area contributed by atoms with E-state index in [0.717, 1.165) is 33.6 Å². The number of carbonyl (C=O) groups is 1. The number of ether oxygens (including phenoxy) is 3. The van der Waals surface area contributed by atoms with Gasteiger partial charge in [0.15, 0.2) is 6.61 Å². The van der Waals surface area contributed by atoms with E-state index in [4.69, 9.17) is 19.3 Å². The molecule has 4 aromatic rings. The number of fused-ring (bicyclic) bond motifs is 4. The quantitative estimate of drug-likeness (QED) is 0.164. The number of rotatable bonds is 11. The Morgan fingerprint density at radius 3 is 2.49 bits per heavy atom. The molecule has 1 aliphatic rings. The van der Waals surface area contributed by atoms with Crippen LogP contribution in [0.5, 0.6) is 17.2 Å². The van der Waals surface area contributed by atoms with Gasteiger partial charge in [0.05, 0.1) is 16.7 Å². The average Bonchev–Trinajstić information content (AvgIpc) is 3.01.